The maximum atomic E-state index is 11.8. The van der Waals surface area contributed by atoms with Gasteiger partial charge in [0.2, 0.25) is 0 Å². The minimum Gasteiger partial charge on any atom is -0.469 e. The van der Waals surface area contributed by atoms with Gasteiger partial charge in [-0.1, -0.05) is 36.4 Å². The van der Waals surface area contributed by atoms with E-state index in [-0.39, 0.29) is 18.6 Å². The molecule has 0 saturated carbocycles. The quantitative estimate of drug-likeness (QED) is 0.768. The number of carbonyl (C=O) groups excluding carboxylic acids is 1. The molecule has 20 heavy (non-hydrogen) atoms. The molecule has 0 atom stereocenters. The van der Waals surface area contributed by atoms with Crippen molar-refractivity contribution in [3.05, 3.63) is 70.1 Å². The highest BCUT2D eigenvalue weighted by Gasteiger charge is 2.10. The molecule has 5 nitrogen and oxygen atoms in total. The van der Waals surface area contributed by atoms with E-state index in [0.717, 1.165) is 10.3 Å². The molecule has 1 aromatic heterocycles. The number of nitrogens with zero attached hydrogens (tertiary/aromatic N) is 1. The molecule has 0 saturated heterocycles. The summed E-state index contributed by atoms with van der Waals surface area (Å²) in [6.07, 6.45) is -0.0125. The predicted molar refractivity (Wildman–Crippen MR) is 73.1 cm³/mol. The van der Waals surface area contributed by atoms with Gasteiger partial charge in [-0.2, -0.15) is 0 Å². The predicted octanol–water partition coefficient (Wildman–Crippen LogP) is 1.19. The Morgan fingerprint density at radius 1 is 1.10 bits per heavy atom. The van der Waals surface area contributed by atoms with Crippen LogP contribution in [0.1, 0.15) is 11.3 Å². The van der Waals surface area contributed by atoms with Crippen LogP contribution in [-0.2, 0) is 22.6 Å². The third-order valence-corrected chi connectivity index (χ3v) is 2.74. The fraction of sp³-hybridized carbons (Fsp3) is 0.200. The average molecular weight is 273 g/mol. The minimum absolute atomic E-state index is 0.0125. The second kappa shape index (κ2) is 6.56. The summed E-state index contributed by atoms with van der Waals surface area (Å²) >= 11 is 0. The normalized spacial score (nSPS) is 10.1. The number of aromatic nitrogens is 1. The monoisotopic (exact) mass is 273 g/mol. The third kappa shape index (κ3) is 3.47. The van der Waals surface area contributed by atoms with Crippen LogP contribution in [0, 0.1) is 0 Å². The van der Waals surface area contributed by atoms with E-state index in [2.05, 4.69) is 4.74 Å². The molecule has 0 aliphatic carbocycles. The summed E-state index contributed by atoms with van der Waals surface area (Å²) in [6, 6.07) is 14.1. The highest BCUT2D eigenvalue weighted by Crippen LogP contribution is 2.02. The SMILES string of the molecule is COC(=O)Cc1cccc(=O)n1OCc1ccccc1. The zero-order chi connectivity index (χ0) is 14.4. The molecule has 5 heteroatoms. The van der Waals surface area contributed by atoms with E-state index < -0.39 is 5.97 Å². The second-order valence-electron chi connectivity index (χ2n) is 4.16. The van der Waals surface area contributed by atoms with E-state index in [1.807, 2.05) is 30.3 Å². The van der Waals surface area contributed by atoms with Gasteiger partial charge in [0.1, 0.15) is 6.61 Å². The zero-order valence-corrected chi connectivity index (χ0v) is 11.1. The molecular formula is C15H15NO4. The number of pyridine rings is 1. The number of esters is 1. The first-order valence-corrected chi connectivity index (χ1v) is 6.15. The number of rotatable bonds is 5. The molecule has 0 N–H and O–H groups in total. The van der Waals surface area contributed by atoms with Crippen molar-refractivity contribution in [1.29, 1.82) is 0 Å². The molecule has 0 radical (unpaired) electrons. The fourth-order valence-corrected chi connectivity index (χ4v) is 1.73. The number of ether oxygens (including phenoxy) is 1. The second-order valence-corrected chi connectivity index (χ2v) is 4.16. The van der Waals surface area contributed by atoms with Gasteiger partial charge in [-0.15, -0.1) is 4.73 Å². The Morgan fingerprint density at radius 2 is 1.85 bits per heavy atom. The Kier molecular flexibility index (Phi) is 4.55. The van der Waals surface area contributed by atoms with Gasteiger partial charge in [-0.25, -0.2) is 0 Å². The highest BCUT2D eigenvalue weighted by atomic mass is 16.7. The maximum Gasteiger partial charge on any atom is 0.311 e. The summed E-state index contributed by atoms with van der Waals surface area (Å²) in [6.45, 7) is 0.249. The molecular weight excluding hydrogens is 258 g/mol. The number of hydrogen-bond acceptors (Lipinski definition) is 4. The highest BCUT2D eigenvalue weighted by molar-refractivity contribution is 5.71. The number of methoxy groups -OCH3 is 1. The molecule has 0 aliphatic rings. The molecule has 104 valence electrons. The summed E-state index contributed by atoms with van der Waals surface area (Å²) in [7, 11) is 1.30. The number of carbonyl (C=O) groups is 1. The summed E-state index contributed by atoms with van der Waals surface area (Å²) in [4.78, 5) is 28.6. The lowest BCUT2D eigenvalue weighted by Gasteiger charge is -2.12. The Morgan fingerprint density at radius 3 is 2.55 bits per heavy atom. The summed E-state index contributed by atoms with van der Waals surface area (Å²) in [5.74, 6) is -0.423. The molecule has 1 aromatic carbocycles. The van der Waals surface area contributed by atoms with Gasteiger partial charge < -0.3 is 9.57 Å². The molecule has 2 aromatic rings. The van der Waals surface area contributed by atoms with Crippen molar-refractivity contribution in [1.82, 2.24) is 4.73 Å². The van der Waals surface area contributed by atoms with E-state index in [0.29, 0.717) is 5.69 Å². The minimum atomic E-state index is -0.423. The van der Waals surface area contributed by atoms with Crippen LogP contribution in [0.25, 0.3) is 0 Å². The van der Waals surface area contributed by atoms with Crippen LogP contribution >= 0.6 is 0 Å². The van der Waals surface area contributed by atoms with Crippen LogP contribution in [0.3, 0.4) is 0 Å². The first-order chi connectivity index (χ1) is 9.70. The van der Waals surface area contributed by atoms with E-state index in [9.17, 15) is 9.59 Å². The molecule has 0 spiro atoms. The Labute approximate surface area is 116 Å². The molecule has 0 unspecified atom stereocenters. The van der Waals surface area contributed by atoms with Gasteiger partial charge >= 0.3 is 5.97 Å². The Balaban J connectivity index is 2.17. The van der Waals surface area contributed by atoms with Crippen LogP contribution < -0.4 is 10.4 Å². The van der Waals surface area contributed by atoms with Gasteiger partial charge in [-0.3, -0.25) is 9.59 Å². The third-order valence-electron chi connectivity index (χ3n) is 2.74. The molecule has 1 heterocycles. The summed E-state index contributed by atoms with van der Waals surface area (Å²) in [5.41, 5.74) is 1.08. The van der Waals surface area contributed by atoms with Crippen molar-refractivity contribution in [2.45, 2.75) is 13.0 Å². The van der Waals surface area contributed by atoms with Crippen molar-refractivity contribution >= 4 is 5.97 Å². The maximum absolute atomic E-state index is 11.8. The van der Waals surface area contributed by atoms with Crippen molar-refractivity contribution in [3.63, 3.8) is 0 Å². The van der Waals surface area contributed by atoms with E-state index in [1.54, 1.807) is 12.1 Å². The van der Waals surface area contributed by atoms with Crippen LogP contribution in [0.15, 0.2) is 53.3 Å². The van der Waals surface area contributed by atoms with E-state index >= 15 is 0 Å². The summed E-state index contributed by atoms with van der Waals surface area (Å²) < 4.78 is 5.73. The van der Waals surface area contributed by atoms with Crippen LogP contribution in [0.5, 0.6) is 0 Å². The molecule has 0 amide bonds. The lowest BCUT2D eigenvalue weighted by Crippen LogP contribution is -2.30. The van der Waals surface area contributed by atoms with Crippen LogP contribution in [0.4, 0.5) is 0 Å². The van der Waals surface area contributed by atoms with Crippen LogP contribution in [-0.4, -0.2) is 17.8 Å². The molecule has 0 bridgehead atoms. The molecule has 0 fully saturated rings. The van der Waals surface area contributed by atoms with Gasteiger partial charge in [0.25, 0.3) is 5.56 Å². The van der Waals surface area contributed by atoms with Gasteiger partial charge in [0.15, 0.2) is 0 Å². The zero-order valence-electron chi connectivity index (χ0n) is 11.1. The van der Waals surface area contributed by atoms with Crippen molar-refractivity contribution in [2.75, 3.05) is 7.11 Å². The first kappa shape index (κ1) is 13.9. The van der Waals surface area contributed by atoms with E-state index in [1.165, 1.54) is 13.2 Å². The van der Waals surface area contributed by atoms with Crippen molar-refractivity contribution in [2.24, 2.45) is 0 Å². The van der Waals surface area contributed by atoms with Crippen LogP contribution in [0.2, 0.25) is 0 Å². The lowest BCUT2D eigenvalue weighted by molar-refractivity contribution is -0.140. The Bertz CT molecular complexity index is 634. The summed E-state index contributed by atoms with van der Waals surface area (Å²) in [5, 5.41) is 0. The van der Waals surface area contributed by atoms with Gasteiger partial charge in [-0.05, 0) is 11.6 Å². The first-order valence-electron chi connectivity index (χ1n) is 6.15. The largest absolute Gasteiger partial charge is 0.469 e. The van der Waals surface area contributed by atoms with E-state index in [4.69, 9.17) is 4.84 Å². The topological polar surface area (TPSA) is 57.5 Å². The number of benzene rings is 1. The fourth-order valence-electron chi connectivity index (χ4n) is 1.73. The van der Waals surface area contributed by atoms with Crippen molar-refractivity contribution in [3.8, 4) is 0 Å². The molecule has 0 aliphatic heterocycles. The van der Waals surface area contributed by atoms with Gasteiger partial charge in [0.05, 0.1) is 19.2 Å². The number of hydrogen-bond donors (Lipinski definition) is 0. The average Bonchev–Trinajstić information content (AvgIpc) is 2.47. The van der Waals surface area contributed by atoms with Crippen molar-refractivity contribution < 1.29 is 14.4 Å². The standard InChI is InChI=1S/C15H15NO4/c1-19-15(18)10-13-8-5-9-14(17)16(13)20-11-12-6-3-2-4-7-12/h2-9H,10-11H2,1H3. The smallest absolute Gasteiger partial charge is 0.311 e. The molecule has 2 rings (SSSR count). The Hall–Kier alpha value is -2.56. The lowest BCUT2D eigenvalue weighted by atomic mass is 10.2. The van der Waals surface area contributed by atoms with Gasteiger partial charge in [0, 0.05) is 6.07 Å².